The molecular weight excluding hydrogens is 422 g/mol. The SMILES string of the molecule is COc1ccc(NC(=O)[C@@H]2CCCN2S(C)(=O)=O)cc1S(=O)(=O)N1CCOCC1. The van der Waals surface area contributed by atoms with E-state index in [1.807, 2.05) is 0 Å². The number of sulfonamides is 2. The van der Waals surface area contributed by atoms with Crippen LogP contribution in [0.3, 0.4) is 0 Å². The van der Waals surface area contributed by atoms with E-state index in [0.717, 1.165) is 10.6 Å². The Morgan fingerprint density at radius 1 is 1.17 bits per heavy atom. The molecule has 0 aromatic heterocycles. The van der Waals surface area contributed by atoms with E-state index >= 15 is 0 Å². The lowest BCUT2D eigenvalue weighted by Crippen LogP contribution is -2.42. The highest BCUT2D eigenvalue weighted by Crippen LogP contribution is 2.31. The highest BCUT2D eigenvalue weighted by atomic mass is 32.2. The maximum absolute atomic E-state index is 13.0. The van der Waals surface area contributed by atoms with Crippen LogP contribution in [0.25, 0.3) is 0 Å². The smallest absolute Gasteiger partial charge is 0.246 e. The topological polar surface area (TPSA) is 122 Å². The number of carbonyl (C=O) groups excluding carboxylic acids is 1. The number of morpholine rings is 1. The fraction of sp³-hybridized carbons (Fsp3) is 0.588. The molecule has 2 fully saturated rings. The van der Waals surface area contributed by atoms with Gasteiger partial charge in [-0.25, -0.2) is 16.8 Å². The number of amides is 1. The summed E-state index contributed by atoms with van der Waals surface area (Å²) in [6.45, 7) is 1.36. The fourth-order valence-corrected chi connectivity index (χ4v) is 6.22. The van der Waals surface area contributed by atoms with Crippen molar-refractivity contribution >= 4 is 31.6 Å². The molecule has 0 unspecified atom stereocenters. The largest absolute Gasteiger partial charge is 0.495 e. The van der Waals surface area contributed by atoms with Gasteiger partial charge in [0.25, 0.3) is 0 Å². The van der Waals surface area contributed by atoms with Crippen molar-refractivity contribution in [2.75, 3.05) is 51.5 Å². The minimum absolute atomic E-state index is 0.0638. The lowest BCUT2D eigenvalue weighted by atomic mass is 10.2. The van der Waals surface area contributed by atoms with E-state index in [-0.39, 0.29) is 36.0 Å². The predicted octanol–water partition coefficient (Wildman–Crippen LogP) is 0.0786. The van der Waals surface area contributed by atoms with Gasteiger partial charge in [-0.2, -0.15) is 8.61 Å². The van der Waals surface area contributed by atoms with Crippen LogP contribution in [0.4, 0.5) is 5.69 Å². The summed E-state index contributed by atoms with van der Waals surface area (Å²) in [6, 6.07) is 3.51. The Hall–Kier alpha value is -1.73. The Labute approximate surface area is 170 Å². The number of benzene rings is 1. The number of methoxy groups -OCH3 is 1. The summed E-state index contributed by atoms with van der Waals surface area (Å²) >= 11 is 0. The van der Waals surface area contributed by atoms with Crippen molar-refractivity contribution < 1.29 is 31.1 Å². The summed E-state index contributed by atoms with van der Waals surface area (Å²) in [6.07, 6.45) is 2.07. The average molecular weight is 448 g/mol. The number of hydrogen-bond donors (Lipinski definition) is 1. The summed E-state index contributed by atoms with van der Waals surface area (Å²) in [5, 5.41) is 2.64. The summed E-state index contributed by atoms with van der Waals surface area (Å²) < 4.78 is 62.7. The third-order valence-electron chi connectivity index (χ3n) is 4.95. The van der Waals surface area contributed by atoms with Gasteiger partial charge >= 0.3 is 0 Å². The van der Waals surface area contributed by atoms with Gasteiger partial charge in [-0.3, -0.25) is 4.79 Å². The number of nitrogens with zero attached hydrogens (tertiary/aromatic N) is 2. The Kier molecular flexibility index (Phi) is 6.48. The molecular formula is C17H25N3O7S2. The normalized spacial score (nSPS) is 21.8. The van der Waals surface area contributed by atoms with Gasteiger partial charge in [-0.05, 0) is 31.0 Å². The highest BCUT2D eigenvalue weighted by Gasteiger charge is 2.37. The Bertz CT molecular complexity index is 973. The third kappa shape index (κ3) is 4.72. The summed E-state index contributed by atoms with van der Waals surface area (Å²) in [5.41, 5.74) is 0.253. The van der Waals surface area contributed by atoms with Gasteiger partial charge in [0, 0.05) is 25.3 Å². The van der Waals surface area contributed by atoms with Crippen LogP contribution in [0.2, 0.25) is 0 Å². The van der Waals surface area contributed by atoms with E-state index in [1.54, 1.807) is 0 Å². The number of hydrogen-bond acceptors (Lipinski definition) is 7. The third-order valence-corrected chi connectivity index (χ3v) is 8.16. The van der Waals surface area contributed by atoms with Crippen LogP contribution in [0.15, 0.2) is 23.1 Å². The van der Waals surface area contributed by atoms with Gasteiger partial charge in [0.15, 0.2) is 0 Å². The van der Waals surface area contributed by atoms with Crippen LogP contribution in [0, 0.1) is 0 Å². The van der Waals surface area contributed by atoms with Gasteiger partial charge in [-0.15, -0.1) is 0 Å². The first-order chi connectivity index (χ1) is 13.6. The number of carbonyl (C=O) groups is 1. The minimum Gasteiger partial charge on any atom is -0.495 e. The van der Waals surface area contributed by atoms with E-state index in [0.29, 0.717) is 26.1 Å². The molecule has 2 heterocycles. The molecule has 3 rings (SSSR count). The van der Waals surface area contributed by atoms with Crippen LogP contribution in [-0.4, -0.2) is 83.6 Å². The Morgan fingerprint density at radius 3 is 2.48 bits per heavy atom. The van der Waals surface area contributed by atoms with E-state index in [2.05, 4.69) is 5.32 Å². The van der Waals surface area contributed by atoms with E-state index in [1.165, 1.54) is 29.6 Å². The number of ether oxygens (including phenoxy) is 2. The molecule has 2 aliphatic rings. The molecule has 29 heavy (non-hydrogen) atoms. The summed E-state index contributed by atoms with van der Waals surface area (Å²) in [4.78, 5) is 12.6. The van der Waals surface area contributed by atoms with Gasteiger partial charge < -0.3 is 14.8 Å². The maximum atomic E-state index is 13.0. The molecule has 0 saturated carbocycles. The van der Waals surface area contributed by atoms with E-state index in [9.17, 15) is 21.6 Å². The van der Waals surface area contributed by atoms with E-state index in [4.69, 9.17) is 9.47 Å². The van der Waals surface area contributed by atoms with Gasteiger partial charge in [0.2, 0.25) is 26.0 Å². The second kappa shape index (κ2) is 8.56. The predicted molar refractivity (Wildman–Crippen MR) is 106 cm³/mol. The van der Waals surface area contributed by atoms with Crippen molar-refractivity contribution in [3.05, 3.63) is 18.2 Å². The molecule has 1 aromatic rings. The van der Waals surface area contributed by atoms with Crippen molar-refractivity contribution in [1.82, 2.24) is 8.61 Å². The Balaban J connectivity index is 1.86. The van der Waals surface area contributed by atoms with Crippen molar-refractivity contribution in [2.24, 2.45) is 0 Å². The molecule has 1 atom stereocenters. The van der Waals surface area contributed by atoms with Crippen LogP contribution in [-0.2, 0) is 29.6 Å². The Morgan fingerprint density at radius 2 is 1.86 bits per heavy atom. The number of anilines is 1. The molecule has 0 spiro atoms. The van der Waals surface area contributed by atoms with Crippen molar-refractivity contribution in [2.45, 2.75) is 23.8 Å². The maximum Gasteiger partial charge on any atom is 0.246 e. The molecule has 162 valence electrons. The second-order valence-electron chi connectivity index (χ2n) is 6.90. The van der Waals surface area contributed by atoms with Gasteiger partial charge in [0.1, 0.15) is 16.7 Å². The molecule has 10 nitrogen and oxygen atoms in total. The lowest BCUT2D eigenvalue weighted by Gasteiger charge is -2.27. The second-order valence-corrected chi connectivity index (χ2v) is 10.7. The summed E-state index contributed by atoms with van der Waals surface area (Å²) in [5.74, 6) is -0.332. The fourth-order valence-electron chi connectivity index (χ4n) is 3.51. The van der Waals surface area contributed by atoms with E-state index < -0.39 is 32.0 Å². The first-order valence-electron chi connectivity index (χ1n) is 9.18. The van der Waals surface area contributed by atoms with Crippen molar-refractivity contribution in [3.8, 4) is 5.75 Å². The first kappa shape index (κ1) is 22.0. The number of rotatable bonds is 6. The molecule has 2 saturated heterocycles. The monoisotopic (exact) mass is 447 g/mol. The molecule has 0 bridgehead atoms. The molecule has 1 aromatic carbocycles. The van der Waals surface area contributed by atoms with Crippen LogP contribution < -0.4 is 10.1 Å². The molecule has 12 heteroatoms. The first-order valence-corrected chi connectivity index (χ1v) is 12.5. The number of nitrogens with one attached hydrogen (secondary N) is 1. The molecule has 0 radical (unpaired) electrons. The zero-order valence-corrected chi connectivity index (χ0v) is 18.0. The lowest BCUT2D eigenvalue weighted by molar-refractivity contribution is -0.119. The van der Waals surface area contributed by atoms with Crippen LogP contribution in [0.5, 0.6) is 5.75 Å². The zero-order valence-electron chi connectivity index (χ0n) is 16.3. The minimum atomic E-state index is -3.85. The zero-order chi connectivity index (χ0) is 21.2. The van der Waals surface area contributed by atoms with Crippen LogP contribution >= 0.6 is 0 Å². The van der Waals surface area contributed by atoms with Crippen molar-refractivity contribution in [1.29, 1.82) is 0 Å². The highest BCUT2D eigenvalue weighted by molar-refractivity contribution is 7.89. The molecule has 1 N–H and O–H groups in total. The standard InChI is InChI=1S/C17H25N3O7S2/c1-26-15-6-5-13(12-16(15)29(24,25)19-8-10-27-11-9-19)18-17(21)14-4-3-7-20(14)28(2,22)23/h5-6,12,14H,3-4,7-11H2,1-2H3,(H,18,21)/t14-/m0/s1. The van der Waals surface area contributed by atoms with Crippen LogP contribution in [0.1, 0.15) is 12.8 Å². The average Bonchev–Trinajstić information content (AvgIpc) is 3.19. The summed E-state index contributed by atoms with van der Waals surface area (Å²) in [7, 11) is -5.98. The van der Waals surface area contributed by atoms with Gasteiger partial charge in [0.05, 0.1) is 26.6 Å². The molecule has 0 aliphatic carbocycles. The van der Waals surface area contributed by atoms with Crippen molar-refractivity contribution in [3.63, 3.8) is 0 Å². The quantitative estimate of drug-likeness (QED) is 0.655. The molecule has 2 aliphatic heterocycles. The van der Waals surface area contributed by atoms with Gasteiger partial charge in [-0.1, -0.05) is 0 Å². The molecule has 1 amide bonds.